The number of rotatable bonds is 46. The first-order valence-electron chi connectivity index (χ1n) is 26.8. The van der Waals surface area contributed by atoms with Crippen LogP contribution in [0.3, 0.4) is 0 Å². The first-order chi connectivity index (χ1) is 30.8. The summed E-state index contributed by atoms with van der Waals surface area (Å²) in [6.45, 7) is 16.3. The van der Waals surface area contributed by atoms with E-state index in [0.29, 0.717) is 49.4 Å². The summed E-state index contributed by atoms with van der Waals surface area (Å²) in [6.07, 6.45) is 45.0. The van der Waals surface area contributed by atoms with Gasteiger partial charge in [-0.1, -0.05) is 202 Å². The molecule has 0 aliphatic carbocycles. The van der Waals surface area contributed by atoms with E-state index in [2.05, 4.69) is 50.2 Å². The van der Waals surface area contributed by atoms with Crippen LogP contribution in [0.4, 0.5) is 11.4 Å². The molecule has 1 aromatic carbocycles. The summed E-state index contributed by atoms with van der Waals surface area (Å²) in [6, 6.07) is 0. The van der Waals surface area contributed by atoms with Gasteiger partial charge in [0.15, 0.2) is 0 Å². The van der Waals surface area contributed by atoms with Crippen LogP contribution in [0.2, 0.25) is 0 Å². The third kappa shape index (κ3) is 39.8. The molecule has 0 radical (unpaired) electrons. The van der Waals surface area contributed by atoms with E-state index in [1.165, 1.54) is 186 Å². The predicted molar refractivity (Wildman–Crippen MR) is 274 cm³/mol. The lowest BCUT2D eigenvalue weighted by atomic mass is 9.99. The molecule has 63 heavy (non-hydrogen) atoms. The minimum atomic E-state index is -0.419. The van der Waals surface area contributed by atoms with Crippen LogP contribution in [0.25, 0.3) is 0 Å². The van der Waals surface area contributed by atoms with Crippen LogP contribution in [0.5, 0.6) is 0 Å². The lowest BCUT2D eigenvalue weighted by Gasteiger charge is -2.23. The number of hydrogen-bond donors (Lipinski definition) is 2. The second kappa shape index (κ2) is 50.7. The molecule has 0 aliphatic rings. The Morgan fingerprint density at radius 2 is 0.937 bits per heavy atom. The van der Waals surface area contributed by atoms with Gasteiger partial charge in [0, 0.05) is 27.1 Å². The Balaban J connectivity index is 0. The lowest BCUT2D eigenvalue weighted by Crippen LogP contribution is -2.37. The summed E-state index contributed by atoms with van der Waals surface area (Å²) in [7, 11) is 3.56. The van der Waals surface area contributed by atoms with Crippen LogP contribution in [0.15, 0.2) is 9.59 Å². The van der Waals surface area contributed by atoms with E-state index in [-0.39, 0.29) is 0 Å². The highest BCUT2D eigenvalue weighted by atomic mass is 16.5. The van der Waals surface area contributed by atoms with Gasteiger partial charge in [-0.3, -0.25) is 14.4 Å². The molecule has 0 heterocycles. The summed E-state index contributed by atoms with van der Waals surface area (Å²) < 4.78 is 10.4. The number of carbonyl (C=O) groups is 2. The van der Waals surface area contributed by atoms with Crippen LogP contribution < -0.4 is 21.5 Å². The minimum absolute atomic E-state index is 0.405. The lowest BCUT2D eigenvalue weighted by molar-refractivity contribution is -0.130. The number of methoxy groups -OCH3 is 1. The number of unbranched alkanes of at least 4 members (excludes halogenated alkanes) is 24. The molecule has 1 atom stereocenters. The Kier molecular flexibility index (Phi) is 50.6. The van der Waals surface area contributed by atoms with Crippen molar-refractivity contribution < 1.29 is 19.1 Å². The van der Waals surface area contributed by atoms with Crippen molar-refractivity contribution in [3.05, 3.63) is 20.4 Å². The van der Waals surface area contributed by atoms with Gasteiger partial charge in [0.2, 0.25) is 0 Å². The number of hydrogen-bond acceptors (Lipinski definition) is 9. The largest absolute Gasteiger partial charge is 0.468 e. The highest BCUT2D eigenvalue weighted by Crippen LogP contribution is 2.18. The molecule has 0 amide bonds. The van der Waals surface area contributed by atoms with Crippen LogP contribution >= 0.6 is 0 Å². The van der Waals surface area contributed by atoms with Gasteiger partial charge in [0.05, 0.1) is 12.7 Å². The number of anilines is 2. The highest BCUT2D eigenvalue weighted by molar-refractivity contribution is 5.73. The van der Waals surface area contributed by atoms with Gasteiger partial charge in [0.1, 0.15) is 17.7 Å². The van der Waals surface area contributed by atoms with E-state index in [1.807, 2.05) is 7.11 Å². The third-order valence-electron chi connectivity index (χ3n) is 12.5. The van der Waals surface area contributed by atoms with E-state index in [0.717, 1.165) is 51.6 Å². The number of nitrogens with zero attached hydrogens (tertiary/aromatic N) is 1. The number of aldehydes is 1. The average molecular weight is 892 g/mol. The number of ether oxygens (including phenoxy) is 2. The Morgan fingerprint density at radius 1 is 0.524 bits per heavy atom. The van der Waals surface area contributed by atoms with E-state index in [9.17, 15) is 19.2 Å². The molecule has 9 heteroatoms. The van der Waals surface area contributed by atoms with Gasteiger partial charge >= 0.3 is 0 Å². The number of carbonyl (C=O) groups excluding carboxylic acids is 2. The molecule has 1 aromatic rings. The van der Waals surface area contributed by atoms with Crippen molar-refractivity contribution in [2.24, 2.45) is 5.92 Å². The molecule has 2 N–H and O–H groups in total. The molecule has 0 saturated carbocycles. The van der Waals surface area contributed by atoms with Crippen molar-refractivity contribution in [2.45, 2.75) is 259 Å². The maximum atomic E-state index is 11.6. The molecular weight excluding hydrogens is 787 g/mol. The average Bonchev–Trinajstić information content (AvgIpc) is 3.30. The van der Waals surface area contributed by atoms with Crippen molar-refractivity contribution in [3.8, 4) is 0 Å². The van der Waals surface area contributed by atoms with E-state index in [4.69, 9.17) is 9.47 Å². The topological polar surface area (TPSA) is 114 Å². The zero-order valence-corrected chi connectivity index (χ0v) is 42.8. The second-order valence-corrected chi connectivity index (χ2v) is 18.1. The zero-order chi connectivity index (χ0) is 46.9. The number of nitrogens with one attached hydrogen (secondary N) is 2. The van der Waals surface area contributed by atoms with Crippen molar-refractivity contribution in [1.29, 1.82) is 0 Å². The van der Waals surface area contributed by atoms with E-state index < -0.39 is 10.9 Å². The standard InChI is InChI=1S/C24H43N3O3.C18H38O.C12H24O2/c1-3-4-5-6-9-12-17-27(18-13-10-7-8-11-14-20-28)19-15-16-26-22-21(25-2)23(29)24(22)30;1-4-6-8-10-12-14-16-18(19-3)17-15-13-11-9-7-5-2;1-3-5-6-7-8-9-12(4-2)10-14-11-13/h20,25-26H,3-19H2,1-2H3;18H,4-17H2,1-3H3;11-12H,3-10H2,1-2H3. The van der Waals surface area contributed by atoms with Crippen LogP contribution in [0, 0.1) is 5.92 Å². The monoisotopic (exact) mass is 892 g/mol. The summed E-state index contributed by atoms with van der Waals surface area (Å²) >= 11 is 0. The second-order valence-electron chi connectivity index (χ2n) is 18.1. The van der Waals surface area contributed by atoms with Crippen molar-refractivity contribution in [3.63, 3.8) is 0 Å². The SMILES string of the molecule is CCCCCCCC(CC)COC=O.CCCCCCCCC(CCCCCCCC)OC.CCCCCCCCN(CCCCCCCC=O)CCCNc1c(NC)c(=O)c1=O. The van der Waals surface area contributed by atoms with Gasteiger partial charge in [0.25, 0.3) is 17.3 Å². The Labute approximate surface area is 389 Å². The molecule has 1 rings (SSSR count). The van der Waals surface area contributed by atoms with Crippen molar-refractivity contribution in [2.75, 3.05) is 57.6 Å². The molecule has 0 saturated heterocycles. The molecule has 0 spiro atoms. The highest BCUT2D eigenvalue weighted by Gasteiger charge is 2.19. The van der Waals surface area contributed by atoms with Gasteiger partial charge in [-0.25, -0.2) is 0 Å². The molecule has 0 aromatic heterocycles. The molecular formula is C54H105N3O6. The molecule has 0 bridgehead atoms. The summed E-state index contributed by atoms with van der Waals surface area (Å²) in [4.78, 5) is 46.0. The van der Waals surface area contributed by atoms with Crippen LogP contribution in [0.1, 0.15) is 253 Å². The quantitative estimate of drug-likeness (QED) is 0.0375. The van der Waals surface area contributed by atoms with Gasteiger partial charge in [-0.05, 0) is 70.5 Å². The van der Waals surface area contributed by atoms with Crippen LogP contribution in [-0.4, -0.2) is 70.7 Å². The fourth-order valence-corrected chi connectivity index (χ4v) is 8.16. The Bertz CT molecular complexity index is 1140. The molecule has 9 nitrogen and oxygen atoms in total. The zero-order valence-electron chi connectivity index (χ0n) is 42.8. The maximum absolute atomic E-state index is 11.6. The smallest absolute Gasteiger partial charge is 0.293 e. The molecule has 0 fully saturated rings. The third-order valence-corrected chi connectivity index (χ3v) is 12.5. The molecule has 1 unspecified atom stereocenters. The normalized spacial score (nSPS) is 11.6. The fraction of sp³-hybridized carbons (Fsp3) is 0.889. The predicted octanol–water partition coefficient (Wildman–Crippen LogP) is 14.4. The maximum Gasteiger partial charge on any atom is 0.293 e. The molecule has 372 valence electrons. The summed E-state index contributed by atoms with van der Waals surface area (Å²) in [5, 5.41) is 5.93. The Hall–Kier alpha value is -2.26. The van der Waals surface area contributed by atoms with E-state index in [1.54, 1.807) is 7.05 Å². The Morgan fingerprint density at radius 3 is 1.37 bits per heavy atom. The van der Waals surface area contributed by atoms with Crippen molar-refractivity contribution in [1.82, 2.24) is 4.90 Å². The van der Waals surface area contributed by atoms with Gasteiger partial charge in [-0.2, -0.15) is 0 Å². The first kappa shape index (κ1) is 62.8. The fourth-order valence-electron chi connectivity index (χ4n) is 8.16. The van der Waals surface area contributed by atoms with Gasteiger partial charge in [-0.15, -0.1) is 0 Å². The minimum Gasteiger partial charge on any atom is -0.468 e. The van der Waals surface area contributed by atoms with Gasteiger partial charge < -0.3 is 29.8 Å². The summed E-state index contributed by atoms with van der Waals surface area (Å²) in [5.41, 5.74) is 0.0366. The summed E-state index contributed by atoms with van der Waals surface area (Å²) in [5.74, 6) is 0.571. The van der Waals surface area contributed by atoms with E-state index >= 15 is 0 Å². The van der Waals surface area contributed by atoms with Crippen LogP contribution in [-0.2, 0) is 19.1 Å². The molecule has 0 aliphatic heterocycles. The first-order valence-corrected chi connectivity index (χ1v) is 26.8. The van der Waals surface area contributed by atoms with Crippen molar-refractivity contribution >= 4 is 24.1 Å².